The van der Waals surface area contributed by atoms with Crippen molar-refractivity contribution in [2.24, 2.45) is 0 Å². The molecule has 1 amide bonds. The van der Waals surface area contributed by atoms with Gasteiger partial charge in [-0.3, -0.25) is 9.69 Å². The molecule has 0 aliphatic rings. The molecule has 33 heavy (non-hydrogen) atoms. The standard InChI is InChI=1S/C25H17F3N2O2S/c26-25(27,28)20-8-3-9-21-23(20)29-24(33-21)30(15-19-7-4-12-32-19)22(31)14-16-10-11-17-5-1-2-6-18(17)13-16/h1-13H,14-15H2. The number of aromatic nitrogens is 1. The number of carbonyl (C=O) groups excluding carboxylic acids is 1. The van der Waals surface area contributed by atoms with E-state index in [0.29, 0.717) is 10.5 Å². The third kappa shape index (κ3) is 4.34. The molecule has 2 aromatic heterocycles. The molecule has 0 saturated heterocycles. The summed E-state index contributed by atoms with van der Waals surface area (Å²) in [5.41, 5.74) is -0.171. The number of thiazole rings is 1. The minimum atomic E-state index is -4.54. The molecule has 166 valence electrons. The fourth-order valence-electron chi connectivity index (χ4n) is 3.72. The second-order valence-corrected chi connectivity index (χ2v) is 8.57. The molecule has 0 fully saturated rings. The van der Waals surface area contributed by atoms with Crippen molar-refractivity contribution in [3.8, 4) is 0 Å². The zero-order chi connectivity index (χ0) is 23.0. The fraction of sp³-hybridized carbons (Fsp3) is 0.120. The van der Waals surface area contributed by atoms with E-state index in [0.717, 1.165) is 33.7 Å². The smallest absolute Gasteiger partial charge is 0.418 e. The second-order valence-electron chi connectivity index (χ2n) is 7.56. The van der Waals surface area contributed by atoms with E-state index in [1.54, 1.807) is 18.2 Å². The van der Waals surface area contributed by atoms with Crippen molar-refractivity contribution in [2.45, 2.75) is 19.1 Å². The molecule has 0 bridgehead atoms. The monoisotopic (exact) mass is 466 g/mol. The molecule has 5 aromatic rings. The number of amides is 1. The van der Waals surface area contributed by atoms with E-state index in [4.69, 9.17) is 4.42 Å². The summed E-state index contributed by atoms with van der Waals surface area (Å²) in [6.07, 6.45) is -2.97. The average molecular weight is 466 g/mol. The van der Waals surface area contributed by atoms with Gasteiger partial charge in [-0.25, -0.2) is 4.98 Å². The molecular weight excluding hydrogens is 449 g/mol. The lowest BCUT2D eigenvalue weighted by atomic mass is 10.0. The van der Waals surface area contributed by atoms with Crippen LogP contribution in [0.15, 0.2) is 83.5 Å². The van der Waals surface area contributed by atoms with Crippen LogP contribution in [0.3, 0.4) is 0 Å². The Hall–Kier alpha value is -3.65. The van der Waals surface area contributed by atoms with Gasteiger partial charge in [0.15, 0.2) is 5.13 Å². The SMILES string of the molecule is O=C(Cc1ccc2ccccc2c1)N(Cc1ccco1)c1nc2c(C(F)(F)F)cccc2s1. The van der Waals surface area contributed by atoms with E-state index >= 15 is 0 Å². The maximum atomic E-state index is 13.5. The summed E-state index contributed by atoms with van der Waals surface area (Å²) in [5.74, 6) is 0.228. The van der Waals surface area contributed by atoms with Crippen LogP contribution in [-0.4, -0.2) is 10.9 Å². The first kappa shape index (κ1) is 21.2. The van der Waals surface area contributed by atoms with Gasteiger partial charge < -0.3 is 4.42 Å². The molecule has 0 atom stereocenters. The van der Waals surface area contributed by atoms with Gasteiger partial charge in [0.25, 0.3) is 0 Å². The number of fused-ring (bicyclic) bond motifs is 2. The van der Waals surface area contributed by atoms with Crippen LogP contribution in [-0.2, 0) is 23.9 Å². The van der Waals surface area contributed by atoms with E-state index in [1.807, 2.05) is 42.5 Å². The number of benzene rings is 3. The van der Waals surface area contributed by atoms with Gasteiger partial charge in [-0.05, 0) is 40.6 Å². The number of hydrogen-bond donors (Lipinski definition) is 0. The Labute approximate surface area is 190 Å². The Balaban J connectivity index is 1.52. The molecule has 0 spiro atoms. The van der Waals surface area contributed by atoms with Gasteiger partial charge in [-0.2, -0.15) is 13.2 Å². The molecule has 0 aliphatic heterocycles. The first-order valence-corrected chi connectivity index (χ1v) is 11.0. The minimum Gasteiger partial charge on any atom is -0.467 e. The van der Waals surface area contributed by atoms with Crippen LogP contribution in [0, 0.1) is 0 Å². The predicted octanol–water partition coefficient (Wildman–Crippen LogP) is 6.84. The van der Waals surface area contributed by atoms with Gasteiger partial charge >= 0.3 is 6.18 Å². The summed E-state index contributed by atoms with van der Waals surface area (Å²) in [7, 11) is 0. The molecule has 0 aliphatic carbocycles. The van der Waals surface area contributed by atoms with Crippen molar-refractivity contribution in [2.75, 3.05) is 4.90 Å². The van der Waals surface area contributed by atoms with Crippen LogP contribution in [0.4, 0.5) is 18.3 Å². The third-order valence-corrected chi connectivity index (χ3v) is 6.35. The topological polar surface area (TPSA) is 46.3 Å². The molecule has 4 nitrogen and oxygen atoms in total. The Bertz CT molecular complexity index is 1440. The molecule has 5 rings (SSSR count). The number of anilines is 1. The molecule has 0 saturated carbocycles. The zero-order valence-corrected chi connectivity index (χ0v) is 18.0. The van der Waals surface area contributed by atoms with E-state index in [-0.39, 0.29) is 29.5 Å². The number of furan rings is 1. The molecular formula is C25H17F3N2O2S. The van der Waals surface area contributed by atoms with Gasteiger partial charge in [0.05, 0.1) is 35.0 Å². The number of halogens is 3. The predicted molar refractivity (Wildman–Crippen MR) is 122 cm³/mol. The maximum absolute atomic E-state index is 13.5. The van der Waals surface area contributed by atoms with Gasteiger partial charge in [0, 0.05) is 0 Å². The summed E-state index contributed by atoms with van der Waals surface area (Å²) in [6, 6.07) is 20.9. The molecule has 2 heterocycles. The first-order chi connectivity index (χ1) is 15.9. The summed E-state index contributed by atoms with van der Waals surface area (Å²) >= 11 is 1.05. The summed E-state index contributed by atoms with van der Waals surface area (Å²) < 4.78 is 46.2. The van der Waals surface area contributed by atoms with Crippen LogP contribution >= 0.6 is 11.3 Å². The normalized spacial score (nSPS) is 11.8. The lowest BCUT2D eigenvalue weighted by molar-refractivity contribution is -0.136. The van der Waals surface area contributed by atoms with Crippen molar-refractivity contribution in [3.05, 3.63) is 95.9 Å². The van der Waals surface area contributed by atoms with Crippen molar-refractivity contribution >= 4 is 43.4 Å². The van der Waals surface area contributed by atoms with Crippen molar-refractivity contribution < 1.29 is 22.4 Å². The Morgan fingerprint density at radius 1 is 0.970 bits per heavy atom. The summed E-state index contributed by atoms with van der Waals surface area (Å²) in [6.45, 7) is 0.0700. The largest absolute Gasteiger partial charge is 0.467 e. The van der Waals surface area contributed by atoms with Gasteiger partial charge in [-0.1, -0.05) is 59.9 Å². The lowest BCUT2D eigenvalue weighted by Crippen LogP contribution is -2.31. The van der Waals surface area contributed by atoms with E-state index in [9.17, 15) is 18.0 Å². The van der Waals surface area contributed by atoms with Gasteiger partial charge in [0.1, 0.15) is 5.76 Å². The molecule has 8 heteroatoms. The molecule has 3 aromatic carbocycles. The van der Waals surface area contributed by atoms with Crippen molar-refractivity contribution in [3.63, 3.8) is 0 Å². The van der Waals surface area contributed by atoms with E-state index < -0.39 is 11.7 Å². The third-order valence-electron chi connectivity index (χ3n) is 5.31. The first-order valence-electron chi connectivity index (χ1n) is 10.2. The molecule has 0 unspecified atom stereocenters. The number of alkyl halides is 3. The molecule has 0 radical (unpaired) electrons. The van der Waals surface area contributed by atoms with Crippen molar-refractivity contribution in [1.29, 1.82) is 0 Å². The average Bonchev–Trinajstić information content (AvgIpc) is 3.46. The van der Waals surface area contributed by atoms with E-state index in [2.05, 4.69) is 4.98 Å². The Morgan fingerprint density at radius 2 is 1.79 bits per heavy atom. The lowest BCUT2D eigenvalue weighted by Gasteiger charge is -2.19. The van der Waals surface area contributed by atoms with Crippen LogP contribution in [0.1, 0.15) is 16.9 Å². The van der Waals surface area contributed by atoms with Crippen LogP contribution < -0.4 is 4.90 Å². The fourth-order valence-corrected chi connectivity index (χ4v) is 4.73. The minimum absolute atomic E-state index is 0.0700. The second kappa shape index (κ2) is 8.37. The van der Waals surface area contributed by atoms with Gasteiger partial charge in [-0.15, -0.1) is 0 Å². The van der Waals surface area contributed by atoms with Crippen LogP contribution in [0.2, 0.25) is 0 Å². The highest BCUT2D eigenvalue weighted by atomic mass is 32.1. The summed E-state index contributed by atoms with van der Waals surface area (Å²) in [4.78, 5) is 19.0. The number of nitrogens with zero attached hydrogens (tertiary/aromatic N) is 2. The quantitative estimate of drug-likeness (QED) is 0.285. The summed E-state index contributed by atoms with van der Waals surface area (Å²) in [5, 5.41) is 2.27. The highest BCUT2D eigenvalue weighted by molar-refractivity contribution is 7.22. The number of hydrogen-bond acceptors (Lipinski definition) is 4. The number of rotatable bonds is 5. The van der Waals surface area contributed by atoms with Crippen LogP contribution in [0.5, 0.6) is 0 Å². The molecule has 0 N–H and O–H groups in total. The van der Waals surface area contributed by atoms with Crippen LogP contribution in [0.25, 0.3) is 21.0 Å². The Kier molecular flexibility index (Phi) is 5.38. The van der Waals surface area contributed by atoms with E-state index in [1.165, 1.54) is 17.2 Å². The highest BCUT2D eigenvalue weighted by Crippen LogP contribution is 2.39. The maximum Gasteiger partial charge on any atom is 0.418 e. The number of carbonyl (C=O) groups is 1. The van der Waals surface area contributed by atoms with Crippen molar-refractivity contribution in [1.82, 2.24) is 4.98 Å². The van der Waals surface area contributed by atoms with Gasteiger partial charge in [0.2, 0.25) is 5.91 Å². The number of para-hydroxylation sites is 1. The Morgan fingerprint density at radius 3 is 2.55 bits per heavy atom. The highest BCUT2D eigenvalue weighted by Gasteiger charge is 2.34. The zero-order valence-electron chi connectivity index (χ0n) is 17.2.